The van der Waals surface area contributed by atoms with Crippen LogP contribution in [0.3, 0.4) is 0 Å². The Morgan fingerprint density at radius 1 is 1.33 bits per heavy atom. The molecule has 5 heteroatoms. The zero-order chi connectivity index (χ0) is 13.0. The molecule has 1 aromatic carbocycles. The number of benzene rings is 1. The first-order valence-electron chi connectivity index (χ1n) is 5.83. The summed E-state index contributed by atoms with van der Waals surface area (Å²) in [5.74, 6) is 0.888. The fourth-order valence-electron chi connectivity index (χ4n) is 1.61. The SMILES string of the molecule is CCOc1ccc(-c2nc(CCN)c(Br)s2)cc1. The Morgan fingerprint density at radius 3 is 2.67 bits per heavy atom. The zero-order valence-electron chi connectivity index (χ0n) is 10.1. The molecular weight excluding hydrogens is 312 g/mol. The highest BCUT2D eigenvalue weighted by atomic mass is 79.9. The number of hydrogen-bond acceptors (Lipinski definition) is 4. The number of rotatable bonds is 5. The van der Waals surface area contributed by atoms with Crippen molar-refractivity contribution in [2.75, 3.05) is 13.2 Å². The third kappa shape index (κ3) is 3.10. The van der Waals surface area contributed by atoms with Gasteiger partial charge in [0.15, 0.2) is 0 Å². The number of nitrogens with two attached hydrogens (primary N) is 1. The van der Waals surface area contributed by atoms with Gasteiger partial charge in [-0.15, -0.1) is 11.3 Å². The van der Waals surface area contributed by atoms with Gasteiger partial charge in [0.25, 0.3) is 0 Å². The smallest absolute Gasteiger partial charge is 0.124 e. The van der Waals surface area contributed by atoms with Gasteiger partial charge >= 0.3 is 0 Å². The van der Waals surface area contributed by atoms with Gasteiger partial charge in [-0.05, 0) is 53.7 Å². The molecule has 0 spiro atoms. The maximum absolute atomic E-state index is 5.56. The first kappa shape index (κ1) is 13.5. The average molecular weight is 327 g/mol. The number of ether oxygens (including phenoxy) is 1. The quantitative estimate of drug-likeness (QED) is 0.915. The fourth-order valence-corrected chi connectivity index (χ4v) is 3.20. The molecule has 2 aromatic rings. The van der Waals surface area contributed by atoms with E-state index in [1.165, 1.54) is 0 Å². The van der Waals surface area contributed by atoms with Gasteiger partial charge in [0, 0.05) is 12.0 Å². The standard InChI is InChI=1S/C13H15BrN2OS/c1-2-17-10-5-3-9(4-6-10)13-16-11(7-8-15)12(14)18-13/h3-6H,2,7-8,15H2,1H3. The van der Waals surface area contributed by atoms with Crippen LogP contribution in [0.2, 0.25) is 0 Å². The maximum atomic E-state index is 5.56. The second-order valence-corrected chi connectivity index (χ2v) is 6.05. The van der Waals surface area contributed by atoms with E-state index in [-0.39, 0.29) is 0 Å². The van der Waals surface area contributed by atoms with Crippen LogP contribution < -0.4 is 10.5 Å². The third-order valence-electron chi connectivity index (χ3n) is 2.44. The van der Waals surface area contributed by atoms with Gasteiger partial charge in [-0.3, -0.25) is 0 Å². The minimum absolute atomic E-state index is 0.616. The largest absolute Gasteiger partial charge is 0.494 e. The lowest BCUT2D eigenvalue weighted by atomic mass is 10.2. The Hall–Kier alpha value is -0.910. The van der Waals surface area contributed by atoms with Crippen molar-refractivity contribution in [1.29, 1.82) is 0 Å². The number of halogens is 1. The lowest BCUT2D eigenvalue weighted by Crippen LogP contribution is -2.03. The highest BCUT2D eigenvalue weighted by molar-refractivity contribution is 9.11. The van der Waals surface area contributed by atoms with Crippen LogP contribution in [-0.2, 0) is 6.42 Å². The van der Waals surface area contributed by atoms with Crippen LogP contribution in [0.15, 0.2) is 28.1 Å². The van der Waals surface area contributed by atoms with Crippen LogP contribution >= 0.6 is 27.3 Å². The summed E-state index contributed by atoms with van der Waals surface area (Å²) in [6.07, 6.45) is 0.800. The minimum atomic E-state index is 0.616. The van der Waals surface area contributed by atoms with Crippen LogP contribution in [0, 0.1) is 0 Å². The summed E-state index contributed by atoms with van der Waals surface area (Å²) in [4.78, 5) is 4.60. The summed E-state index contributed by atoms with van der Waals surface area (Å²) in [6, 6.07) is 8.00. The summed E-state index contributed by atoms with van der Waals surface area (Å²) in [5.41, 5.74) is 7.70. The van der Waals surface area contributed by atoms with Crippen molar-refractivity contribution >= 4 is 27.3 Å². The molecule has 0 amide bonds. The van der Waals surface area contributed by atoms with E-state index in [2.05, 4.69) is 20.9 Å². The summed E-state index contributed by atoms with van der Waals surface area (Å²) in [7, 11) is 0. The molecule has 2 rings (SSSR count). The van der Waals surface area contributed by atoms with Crippen LogP contribution in [-0.4, -0.2) is 18.1 Å². The average Bonchev–Trinajstić information content (AvgIpc) is 2.73. The van der Waals surface area contributed by atoms with E-state index in [1.807, 2.05) is 31.2 Å². The van der Waals surface area contributed by atoms with Gasteiger partial charge in [0.1, 0.15) is 10.8 Å². The molecule has 1 heterocycles. The van der Waals surface area contributed by atoms with Gasteiger partial charge in [0.2, 0.25) is 0 Å². The maximum Gasteiger partial charge on any atom is 0.124 e. The molecule has 0 atom stereocenters. The predicted octanol–water partition coefficient (Wildman–Crippen LogP) is 3.47. The Labute approximate surface area is 119 Å². The second-order valence-electron chi connectivity index (χ2n) is 3.74. The molecule has 0 bridgehead atoms. The van der Waals surface area contributed by atoms with Gasteiger partial charge < -0.3 is 10.5 Å². The molecule has 0 saturated carbocycles. The van der Waals surface area contributed by atoms with Crippen LogP contribution in [0.4, 0.5) is 0 Å². The molecule has 1 aromatic heterocycles. The van der Waals surface area contributed by atoms with E-state index in [4.69, 9.17) is 10.5 Å². The number of thiazole rings is 1. The molecule has 3 nitrogen and oxygen atoms in total. The van der Waals surface area contributed by atoms with Gasteiger partial charge in [0.05, 0.1) is 16.1 Å². The van der Waals surface area contributed by atoms with E-state index >= 15 is 0 Å². The van der Waals surface area contributed by atoms with Crippen LogP contribution in [0.5, 0.6) is 5.75 Å². The molecule has 18 heavy (non-hydrogen) atoms. The van der Waals surface area contributed by atoms with Crippen molar-refractivity contribution in [3.05, 3.63) is 33.7 Å². The number of hydrogen-bond donors (Lipinski definition) is 1. The van der Waals surface area contributed by atoms with Crippen molar-refractivity contribution in [2.24, 2.45) is 5.73 Å². The van der Waals surface area contributed by atoms with E-state index in [0.717, 1.165) is 32.2 Å². The Kier molecular flexibility index (Phi) is 4.74. The normalized spacial score (nSPS) is 10.6. The van der Waals surface area contributed by atoms with Gasteiger partial charge in [-0.1, -0.05) is 0 Å². The van der Waals surface area contributed by atoms with Gasteiger partial charge in [-0.25, -0.2) is 4.98 Å². The lowest BCUT2D eigenvalue weighted by molar-refractivity contribution is 0.340. The topological polar surface area (TPSA) is 48.1 Å². The van der Waals surface area contributed by atoms with Crippen LogP contribution in [0.1, 0.15) is 12.6 Å². The third-order valence-corrected chi connectivity index (χ3v) is 4.32. The molecule has 0 aliphatic heterocycles. The molecule has 0 aliphatic rings. The van der Waals surface area contributed by atoms with E-state index in [0.29, 0.717) is 13.2 Å². The second kappa shape index (κ2) is 6.31. The Bertz CT molecular complexity index is 510. The monoisotopic (exact) mass is 326 g/mol. The molecule has 0 radical (unpaired) electrons. The predicted molar refractivity (Wildman–Crippen MR) is 79.2 cm³/mol. The van der Waals surface area contributed by atoms with Crippen molar-refractivity contribution in [2.45, 2.75) is 13.3 Å². The summed E-state index contributed by atoms with van der Waals surface area (Å²) < 4.78 is 6.49. The molecule has 0 saturated heterocycles. The van der Waals surface area contributed by atoms with Crippen molar-refractivity contribution < 1.29 is 4.74 Å². The van der Waals surface area contributed by atoms with Crippen molar-refractivity contribution in [3.8, 4) is 16.3 Å². The molecule has 96 valence electrons. The number of aromatic nitrogens is 1. The van der Waals surface area contributed by atoms with Crippen molar-refractivity contribution in [3.63, 3.8) is 0 Å². The van der Waals surface area contributed by atoms with Gasteiger partial charge in [-0.2, -0.15) is 0 Å². The van der Waals surface area contributed by atoms with E-state index in [9.17, 15) is 0 Å². The minimum Gasteiger partial charge on any atom is -0.494 e. The van der Waals surface area contributed by atoms with E-state index < -0.39 is 0 Å². The highest BCUT2D eigenvalue weighted by Gasteiger charge is 2.09. The molecule has 2 N–H and O–H groups in total. The molecular formula is C13H15BrN2OS. The Balaban J connectivity index is 2.22. The number of nitrogens with zero attached hydrogens (tertiary/aromatic N) is 1. The molecule has 0 aliphatic carbocycles. The summed E-state index contributed by atoms with van der Waals surface area (Å²) in [6.45, 7) is 3.28. The highest BCUT2D eigenvalue weighted by Crippen LogP contribution is 2.32. The zero-order valence-corrected chi connectivity index (χ0v) is 12.6. The summed E-state index contributed by atoms with van der Waals surface area (Å²) >= 11 is 5.17. The van der Waals surface area contributed by atoms with E-state index in [1.54, 1.807) is 11.3 Å². The summed E-state index contributed by atoms with van der Waals surface area (Å²) in [5, 5.41) is 1.01. The molecule has 0 unspecified atom stereocenters. The van der Waals surface area contributed by atoms with Crippen LogP contribution in [0.25, 0.3) is 10.6 Å². The Morgan fingerprint density at radius 2 is 2.06 bits per heavy atom. The van der Waals surface area contributed by atoms with Crippen molar-refractivity contribution in [1.82, 2.24) is 4.98 Å². The first-order chi connectivity index (χ1) is 8.74. The first-order valence-corrected chi connectivity index (χ1v) is 7.44. The lowest BCUT2D eigenvalue weighted by Gasteiger charge is -2.02. The molecule has 0 fully saturated rings. The fraction of sp³-hybridized carbons (Fsp3) is 0.308.